The second kappa shape index (κ2) is 7.83. The molecular weight excluding hydrogens is 342 g/mol. The standard InChI is InChI=1S/C19H23N7O/c20-19(12-16-13-22-10-11-27-16)25-17(14-4-2-1-3-5-14)24-18(26-19)23-15-6-8-21-9-7-15/h1-9,16,22H,10-13,20H2,(H2,21,23,24,25,26). The van der Waals surface area contributed by atoms with E-state index < -0.39 is 5.79 Å². The van der Waals surface area contributed by atoms with E-state index in [4.69, 9.17) is 10.5 Å². The van der Waals surface area contributed by atoms with Gasteiger partial charge < -0.3 is 20.7 Å². The number of nitrogens with two attached hydrogens (primary N) is 1. The van der Waals surface area contributed by atoms with Gasteiger partial charge in [-0.05, 0) is 12.1 Å². The van der Waals surface area contributed by atoms with E-state index in [1.54, 1.807) is 12.4 Å². The number of rotatable bonds is 4. The molecule has 0 amide bonds. The molecular formula is C19H23N7O. The van der Waals surface area contributed by atoms with Crippen LogP contribution in [-0.4, -0.2) is 48.4 Å². The van der Waals surface area contributed by atoms with Crippen molar-refractivity contribution in [3.63, 3.8) is 0 Å². The lowest BCUT2D eigenvalue weighted by atomic mass is 10.1. The van der Waals surface area contributed by atoms with Gasteiger partial charge in [0.2, 0.25) is 5.96 Å². The van der Waals surface area contributed by atoms with Gasteiger partial charge in [0.1, 0.15) is 5.84 Å². The molecule has 2 unspecified atom stereocenters. The van der Waals surface area contributed by atoms with Crippen LogP contribution in [0.4, 0.5) is 5.69 Å². The van der Waals surface area contributed by atoms with Crippen LogP contribution in [-0.2, 0) is 4.74 Å². The smallest absolute Gasteiger partial charge is 0.228 e. The maximum absolute atomic E-state index is 6.62. The molecule has 140 valence electrons. The van der Waals surface area contributed by atoms with E-state index in [2.05, 4.69) is 30.9 Å². The number of benzene rings is 1. The average Bonchev–Trinajstić information content (AvgIpc) is 2.69. The van der Waals surface area contributed by atoms with Crippen molar-refractivity contribution >= 4 is 17.5 Å². The monoisotopic (exact) mass is 365 g/mol. The molecule has 8 nitrogen and oxygen atoms in total. The lowest BCUT2D eigenvalue weighted by Gasteiger charge is -2.36. The minimum absolute atomic E-state index is 0.0164. The molecule has 0 aliphatic carbocycles. The fraction of sp³-hybridized carbons (Fsp3) is 0.316. The topological polar surface area (TPSA) is 109 Å². The third-order valence-corrected chi connectivity index (χ3v) is 4.38. The summed E-state index contributed by atoms with van der Waals surface area (Å²) in [4.78, 5) is 13.3. The number of aliphatic imine (C=N–C) groups is 2. The second-order valence-corrected chi connectivity index (χ2v) is 6.57. The summed E-state index contributed by atoms with van der Waals surface area (Å²) in [5.41, 5.74) is 8.41. The molecule has 3 heterocycles. The van der Waals surface area contributed by atoms with Crippen LogP contribution in [0.1, 0.15) is 12.0 Å². The number of pyridine rings is 1. The highest BCUT2D eigenvalue weighted by Crippen LogP contribution is 2.19. The van der Waals surface area contributed by atoms with Crippen LogP contribution in [0.3, 0.4) is 0 Å². The Morgan fingerprint density at radius 2 is 2.00 bits per heavy atom. The Balaban J connectivity index is 1.62. The van der Waals surface area contributed by atoms with Gasteiger partial charge in [-0.1, -0.05) is 30.3 Å². The number of aromatic nitrogens is 1. The minimum atomic E-state index is -1.02. The summed E-state index contributed by atoms with van der Waals surface area (Å²) in [6.45, 7) is 2.28. The number of morpholine rings is 1. The van der Waals surface area contributed by atoms with E-state index in [9.17, 15) is 0 Å². The van der Waals surface area contributed by atoms with E-state index >= 15 is 0 Å². The summed E-state index contributed by atoms with van der Waals surface area (Å²) < 4.78 is 5.82. The zero-order chi connectivity index (χ0) is 18.5. The van der Waals surface area contributed by atoms with Crippen molar-refractivity contribution in [2.24, 2.45) is 15.7 Å². The molecule has 1 aromatic heterocycles. The highest BCUT2D eigenvalue weighted by molar-refractivity contribution is 6.10. The number of hydrogen-bond acceptors (Lipinski definition) is 8. The Morgan fingerprint density at radius 3 is 2.74 bits per heavy atom. The predicted molar refractivity (Wildman–Crippen MR) is 106 cm³/mol. The highest BCUT2D eigenvalue weighted by Gasteiger charge is 2.34. The van der Waals surface area contributed by atoms with Crippen LogP contribution in [0.2, 0.25) is 0 Å². The van der Waals surface area contributed by atoms with Crippen molar-refractivity contribution in [3.8, 4) is 0 Å². The summed E-state index contributed by atoms with van der Waals surface area (Å²) >= 11 is 0. The first-order valence-corrected chi connectivity index (χ1v) is 9.01. The van der Waals surface area contributed by atoms with Crippen LogP contribution >= 0.6 is 0 Å². The van der Waals surface area contributed by atoms with Gasteiger partial charge in [-0.15, -0.1) is 0 Å². The number of anilines is 1. The average molecular weight is 365 g/mol. The van der Waals surface area contributed by atoms with E-state index in [0.717, 1.165) is 24.3 Å². The van der Waals surface area contributed by atoms with Crippen LogP contribution in [0, 0.1) is 0 Å². The fourth-order valence-electron chi connectivity index (χ4n) is 3.13. The first-order valence-electron chi connectivity index (χ1n) is 9.01. The van der Waals surface area contributed by atoms with Crippen molar-refractivity contribution in [1.82, 2.24) is 15.6 Å². The number of nitrogens with one attached hydrogen (secondary N) is 3. The summed E-state index contributed by atoms with van der Waals surface area (Å²) in [5, 5.41) is 9.83. The highest BCUT2D eigenvalue weighted by atomic mass is 16.5. The van der Waals surface area contributed by atoms with Crippen LogP contribution in [0.25, 0.3) is 0 Å². The quantitative estimate of drug-likeness (QED) is 0.641. The van der Waals surface area contributed by atoms with Gasteiger partial charge in [-0.3, -0.25) is 10.7 Å². The van der Waals surface area contributed by atoms with Crippen molar-refractivity contribution in [2.75, 3.05) is 25.0 Å². The normalized spacial score (nSPS) is 25.1. The van der Waals surface area contributed by atoms with Gasteiger partial charge in [0.15, 0.2) is 5.79 Å². The molecule has 2 aromatic rings. The Kier molecular flexibility index (Phi) is 5.10. The number of hydrogen-bond donors (Lipinski definition) is 4. The summed E-state index contributed by atoms with van der Waals surface area (Å²) in [5.74, 6) is 0.102. The van der Waals surface area contributed by atoms with E-state index in [-0.39, 0.29) is 6.10 Å². The van der Waals surface area contributed by atoms with Crippen LogP contribution < -0.4 is 21.7 Å². The van der Waals surface area contributed by atoms with Crippen LogP contribution in [0.15, 0.2) is 64.8 Å². The zero-order valence-corrected chi connectivity index (χ0v) is 14.9. The molecule has 27 heavy (non-hydrogen) atoms. The molecule has 0 spiro atoms. The van der Waals surface area contributed by atoms with Gasteiger partial charge in [-0.25, -0.2) is 4.99 Å². The predicted octanol–water partition coefficient (Wildman–Crippen LogP) is 0.891. The molecule has 2 aliphatic rings. The molecule has 8 heteroatoms. The maximum atomic E-state index is 6.62. The van der Waals surface area contributed by atoms with Crippen molar-refractivity contribution in [3.05, 3.63) is 60.4 Å². The molecule has 2 aliphatic heterocycles. The van der Waals surface area contributed by atoms with E-state index in [0.29, 0.717) is 24.8 Å². The Hall–Kier alpha value is -2.81. The van der Waals surface area contributed by atoms with E-state index in [1.165, 1.54) is 0 Å². The fourth-order valence-corrected chi connectivity index (χ4v) is 3.13. The van der Waals surface area contributed by atoms with Crippen molar-refractivity contribution < 1.29 is 4.74 Å². The summed E-state index contributed by atoms with van der Waals surface area (Å²) in [6.07, 6.45) is 3.93. The zero-order valence-electron chi connectivity index (χ0n) is 14.9. The molecule has 2 atom stereocenters. The second-order valence-electron chi connectivity index (χ2n) is 6.57. The van der Waals surface area contributed by atoms with Crippen molar-refractivity contribution in [2.45, 2.75) is 18.3 Å². The third-order valence-electron chi connectivity index (χ3n) is 4.38. The van der Waals surface area contributed by atoms with Crippen molar-refractivity contribution in [1.29, 1.82) is 0 Å². The van der Waals surface area contributed by atoms with Gasteiger partial charge in [0.25, 0.3) is 0 Å². The molecule has 4 rings (SSSR count). The molecule has 1 aromatic carbocycles. The van der Waals surface area contributed by atoms with Gasteiger partial charge >= 0.3 is 0 Å². The SMILES string of the molecule is NC1(CC2CNCCO2)N=C(Nc2ccncc2)N=C(c2ccccc2)N1. The molecule has 0 bridgehead atoms. The molecule has 1 saturated heterocycles. The Bertz CT molecular complexity index is 818. The number of amidine groups is 1. The third kappa shape index (κ3) is 4.48. The number of guanidine groups is 1. The summed E-state index contributed by atoms with van der Waals surface area (Å²) in [6, 6.07) is 13.6. The first-order chi connectivity index (χ1) is 13.2. The first kappa shape index (κ1) is 17.6. The maximum Gasteiger partial charge on any atom is 0.228 e. The largest absolute Gasteiger partial charge is 0.375 e. The molecule has 1 fully saturated rings. The van der Waals surface area contributed by atoms with Gasteiger partial charge in [-0.2, -0.15) is 4.99 Å². The van der Waals surface area contributed by atoms with E-state index in [1.807, 2.05) is 42.5 Å². The molecule has 0 saturated carbocycles. The minimum Gasteiger partial charge on any atom is -0.375 e. The van der Waals surface area contributed by atoms with Crippen LogP contribution in [0.5, 0.6) is 0 Å². The Morgan fingerprint density at radius 1 is 1.19 bits per heavy atom. The molecule has 0 radical (unpaired) electrons. The van der Waals surface area contributed by atoms with Gasteiger partial charge in [0.05, 0.1) is 12.7 Å². The number of nitrogens with zero attached hydrogens (tertiary/aromatic N) is 3. The number of ether oxygens (including phenoxy) is 1. The molecule has 5 N–H and O–H groups in total. The lowest BCUT2D eigenvalue weighted by Crippen LogP contribution is -2.60. The Labute approximate surface area is 158 Å². The lowest BCUT2D eigenvalue weighted by molar-refractivity contribution is 0.00850. The summed E-state index contributed by atoms with van der Waals surface area (Å²) in [7, 11) is 0. The van der Waals surface area contributed by atoms with Gasteiger partial charge in [0, 0.05) is 43.2 Å².